The summed E-state index contributed by atoms with van der Waals surface area (Å²) < 4.78 is 78.9. The summed E-state index contributed by atoms with van der Waals surface area (Å²) in [5.41, 5.74) is -0.987. The van der Waals surface area contributed by atoms with Gasteiger partial charge in [-0.1, -0.05) is 24.3 Å². The van der Waals surface area contributed by atoms with Gasteiger partial charge in [-0.3, -0.25) is 13.9 Å². The lowest BCUT2D eigenvalue weighted by molar-refractivity contribution is -0.140. The summed E-state index contributed by atoms with van der Waals surface area (Å²) in [7, 11) is -3.96. The molecule has 1 N–H and O–H groups in total. The van der Waals surface area contributed by atoms with E-state index in [1.165, 1.54) is 36.1 Å². The van der Waals surface area contributed by atoms with E-state index in [0.29, 0.717) is 6.54 Å². The number of nitrogens with one attached hydrogen (secondary N) is 1. The number of amides is 2. The third-order valence-corrected chi connectivity index (χ3v) is 6.62. The maximum Gasteiger partial charge on any atom is 0.416 e. The van der Waals surface area contributed by atoms with Gasteiger partial charge in [0.15, 0.2) is 0 Å². The molecule has 0 saturated heterocycles. The van der Waals surface area contributed by atoms with E-state index in [1.54, 1.807) is 13.0 Å². The molecule has 0 aliphatic carbocycles. The smallest absolute Gasteiger partial charge is 0.355 e. The van der Waals surface area contributed by atoms with Crippen molar-refractivity contribution in [2.75, 3.05) is 23.7 Å². The molecule has 2 aromatic carbocycles. The van der Waals surface area contributed by atoms with Crippen LogP contribution in [-0.4, -0.2) is 50.5 Å². The number of anilines is 1. The molecule has 36 heavy (non-hydrogen) atoms. The van der Waals surface area contributed by atoms with Crippen LogP contribution in [0.25, 0.3) is 0 Å². The molecule has 198 valence electrons. The first-order valence-electron chi connectivity index (χ1n) is 11.2. The van der Waals surface area contributed by atoms with E-state index in [0.717, 1.165) is 28.8 Å². The molecule has 7 nitrogen and oxygen atoms in total. The maximum atomic E-state index is 14.2. The summed E-state index contributed by atoms with van der Waals surface area (Å²) >= 11 is 0. The van der Waals surface area contributed by atoms with E-state index in [9.17, 15) is 35.6 Å². The van der Waals surface area contributed by atoms with Crippen molar-refractivity contribution in [3.05, 3.63) is 65.5 Å². The minimum Gasteiger partial charge on any atom is -0.355 e. The van der Waals surface area contributed by atoms with E-state index in [2.05, 4.69) is 5.32 Å². The Labute approximate surface area is 208 Å². The molecule has 1 unspecified atom stereocenters. The van der Waals surface area contributed by atoms with Gasteiger partial charge in [-0.25, -0.2) is 12.8 Å². The Morgan fingerprint density at radius 2 is 1.75 bits per heavy atom. The molecule has 2 rings (SSSR count). The summed E-state index contributed by atoms with van der Waals surface area (Å²) in [6, 6.07) is 8.76. The quantitative estimate of drug-likeness (QED) is 0.445. The van der Waals surface area contributed by atoms with E-state index in [-0.39, 0.29) is 37.2 Å². The highest BCUT2D eigenvalue weighted by Crippen LogP contribution is 2.32. The molecule has 0 radical (unpaired) electrons. The van der Waals surface area contributed by atoms with Crippen LogP contribution in [0, 0.1) is 5.82 Å². The van der Waals surface area contributed by atoms with E-state index in [1.807, 2.05) is 0 Å². The van der Waals surface area contributed by atoms with Crippen molar-refractivity contribution in [3.8, 4) is 0 Å². The van der Waals surface area contributed by atoms with Gasteiger partial charge in [0.1, 0.15) is 11.9 Å². The predicted octanol–water partition coefficient (Wildman–Crippen LogP) is 3.94. The van der Waals surface area contributed by atoms with Crippen LogP contribution >= 0.6 is 0 Å². The van der Waals surface area contributed by atoms with Crippen LogP contribution in [0.5, 0.6) is 0 Å². The highest BCUT2D eigenvalue weighted by molar-refractivity contribution is 7.92. The van der Waals surface area contributed by atoms with Crippen molar-refractivity contribution in [2.24, 2.45) is 0 Å². The number of nitrogens with zero attached hydrogens (tertiary/aromatic N) is 2. The average Bonchev–Trinajstić information content (AvgIpc) is 2.79. The second kappa shape index (κ2) is 12.2. The zero-order valence-electron chi connectivity index (χ0n) is 20.2. The Kier molecular flexibility index (Phi) is 9.85. The van der Waals surface area contributed by atoms with Crippen LogP contribution < -0.4 is 9.62 Å². The van der Waals surface area contributed by atoms with E-state index < -0.39 is 45.4 Å². The minimum atomic E-state index is -4.66. The Balaban J connectivity index is 2.21. The van der Waals surface area contributed by atoms with Crippen molar-refractivity contribution in [1.29, 1.82) is 0 Å². The van der Waals surface area contributed by atoms with Crippen LogP contribution in [0.15, 0.2) is 48.5 Å². The number of sulfonamides is 1. The van der Waals surface area contributed by atoms with Crippen LogP contribution in [0.4, 0.5) is 23.2 Å². The molecule has 0 bridgehead atoms. The molecule has 0 aliphatic rings. The molecule has 0 saturated carbocycles. The molecule has 12 heteroatoms. The van der Waals surface area contributed by atoms with Gasteiger partial charge in [-0.05, 0) is 44.5 Å². The van der Waals surface area contributed by atoms with Crippen molar-refractivity contribution in [3.63, 3.8) is 0 Å². The number of carbonyl (C=O) groups is 2. The van der Waals surface area contributed by atoms with Crippen molar-refractivity contribution in [1.82, 2.24) is 10.2 Å². The summed E-state index contributed by atoms with van der Waals surface area (Å²) in [6.07, 6.45) is -4.06. The average molecular weight is 532 g/mol. The summed E-state index contributed by atoms with van der Waals surface area (Å²) in [5.74, 6) is -1.52. The number of rotatable bonds is 11. The molecular formula is C24H29F4N3O4S. The predicted molar refractivity (Wildman–Crippen MR) is 128 cm³/mol. The zero-order chi connectivity index (χ0) is 27.1. The van der Waals surface area contributed by atoms with Crippen molar-refractivity contribution >= 4 is 27.5 Å². The van der Waals surface area contributed by atoms with Gasteiger partial charge in [0.2, 0.25) is 21.8 Å². The normalized spacial score (nSPS) is 12.6. The lowest BCUT2D eigenvalue weighted by Gasteiger charge is -2.29. The molecule has 1 atom stereocenters. The summed E-state index contributed by atoms with van der Waals surface area (Å²) in [4.78, 5) is 26.7. The van der Waals surface area contributed by atoms with Crippen LogP contribution in [0.1, 0.15) is 37.8 Å². The molecule has 0 fully saturated rings. The number of hydrogen-bond donors (Lipinski definition) is 1. The topological polar surface area (TPSA) is 86.8 Å². The van der Waals surface area contributed by atoms with Gasteiger partial charge in [0.25, 0.3) is 0 Å². The third kappa shape index (κ3) is 7.94. The minimum absolute atomic E-state index is 0.0436. The number of alkyl halides is 3. The van der Waals surface area contributed by atoms with Gasteiger partial charge in [0.05, 0.1) is 17.5 Å². The zero-order valence-corrected chi connectivity index (χ0v) is 21.0. The highest BCUT2D eigenvalue weighted by Gasteiger charge is 2.32. The van der Waals surface area contributed by atoms with Crippen LogP contribution in [-0.2, 0) is 32.3 Å². The SMILES string of the molecule is CCNC(=O)C(C)N(Cc1ccccc1F)C(=O)CCCN(c1cccc(C(F)(F)F)c1)S(C)(=O)=O. The highest BCUT2D eigenvalue weighted by atomic mass is 32.2. The first kappa shape index (κ1) is 29.1. The Bertz CT molecular complexity index is 1170. The molecule has 2 aromatic rings. The molecule has 0 spiro atoms. The largest absolute Gasteiger partial charge is 0.416 e. The fourth-order valence-electron chi connectivity index (χ4n) is 3.56. The second-order valence-corrected chi connectivity index (χ2v) is 10.1. The molecule has 0 aliphatic heterocycles. The summed E-state index contributed by atoms with van der Waals surface area (Å²) in [6.45, 7) is 3.07. The number of likely N-dealkylation sites (N-methyl/N-ethyl adjacent to an activating group) is 1. The first-order chi connectivity index (χ1) is 16.8. The Morgan fingerprint density at radius 1 is 1.08 bits per heavy atom. The van der Waals surface area contributed by atoms with Gasteiger partial charge in [0, 0.05) is 31.6 Å². The maximum absolute atomic E-state index is 14.2. The molecule has 0 heterocycles. The van der Waals surface area contributed by atoms with E-state index in [4.69, 9.17) is 0 Å². The van der Waals surface area contributed by atoms with Gasteiger partial charge in [-0.2, -0.15) is 13.2 Å². The lowest BCUT2D eigenvalue weighted by Crippen LogP contribution is -2.47. The van der Waals surface area contributed by atoms with Crippen LogP contribution in [0.2, 0.25) is 0 Å². The van der Waals surface area contributed by atoms with Crippen LogP contribution in [0.3, 0.4) is 0 Å². The standard InChI is InChI=1S/C24H29F4N3O4S/c1-4-29-23(33)17(2)30(16-18-9-5-6-12-21(18)25)22(32)13-8-14-31(36(3,34)35)20-11-7-10-19(15-20)24(26,27)28/h5-7,9-12,15,17H,4,8,13-14,16H2,1-3H3,(H,29,33). The monoisotopic (exact) mass is 531 g/mol. The number of benzene rings is 2. The Morgan fingerprint density at radius 3 is 2.33 bits per heavy atom. The number of carbonyl (C=O) groups excluding carboxylic acids is 2. The molecular weight excluding hydrogens is 502 g/mol. The fourth-order valence-corrected chi connectivity index (χ4v) is 4.51. The van der Waals surface area contributed by atoms with Gasteiger partial charge >= 0.3 is 6.18 Å². The second-order valence-electron chi connectivity index (χ2n) is 8.17. The van der Waals surface area contributed by atoms with Crippen molar-refractivity contribution < 1.29 is 35.6 Å². The van der Waals surface area contributed by atoms with Crippen molar-refractivity contribution in [2.45, 2.75) is 45.5 Å². The molecule has 2 amide bonds. The summed E-state index contributed by atoms with van der Waals surface area (Å²) in [5, 5.41) is 2.61. The van der Waals surface area contributed by atoms with Gasteiger partial charge < -0.3 is 10.2 Å². The number of halogens is 4. The number of hydrogen-bond acceptors (Lipinski definition) is 4. The fraction of sp³-hybridized carbons (Fsp3) is 0.417. The molecule has 0 aromatic heterocycles. The first-order valence-corrected chi connectivity index (χ1v) is 13.1. The van der Waals surface area contributed by atoms with E-state index >= 15 is 0 Å². The van der Waals surface area contributed by atoms with Gasteiger partial charge in [-0.15, -0.1) is 0 Å². The Hall–Kier alpha value is -3.15. The third-order valence-electron chi connectivity index (χ3n) is 5.43. The lowest BCUT2D eigenvalue weighted by atomic mass is 10.1.